The first-order valence-corrected chi connectivity index (χ1v) is 11.4. The van der Waals surface area contributed by atoms with Gasteiger partial charge in [-0.3, -0.25) is 9.59 Å². The molecule has 0 saturated carbocycles. The maximum absolute atomic E-state index is 13.0. The molecule has 0 radical (unpaired) electrons. The maximum atomic E-state index is 13.0. The molecule has 0 bridgehead atoms. The van der Waals surface area contributed by atoms with Gasteiger partial charge < -0.3 is 10.2 Å². The summed E-state index contributed by atoms with van der Waals surface area (Å²) in [5.41, 5.74) is 2.48. The number of nitrogens with one attached hydrogen (secondary N) is 2. The number of anilines is 1. The van der Waals surface area contributed by atoms with Crippen molar-refractivity contribution in [1.82, 2.24) is 10.0 Å². The number of fused-ring (bicyclic) bond motifs is 1. The summed E-state index contributed by atoms with van der Waals surface area (Å²) in [5, 5.41) is 2.80. The van der Waals surface area contributed by atoms with Crippen LogP contribution in [0, 0.1) is 5.92 Å². The van der Waals surface area contributed by atoms with Gasteiger partial charge in [0.2, 0.25) is 21.8 Å². The molecule has 8 heteroatoms. The van der Waals surface area contributed by atoms with Crippen molar-refractivity contribution < 1.29 is 18.0 Å². The molecule has 0 aliphatic carbocycles. The fourth-order valence-electron chi connectivity index (χ4n) is 3.49. The number of hydrogen-bond acceptors (Lipinski definition) is 4. The second-order valence-electron chi connectivity index (χ2n) is 7.76. The third-order valence-electron chi connectivity index (χ3n) is 5.18. The predicted molar refractivity (Wildman–Crippen MR) is 115 cm³/mol. The Bertz CT molecular complexity index is 1040. The molecule has 0 saturated heterocycles. The average molecular weight is 430 g/mol. The summed E-state index contributed by atoms with van der Waals surface area (Å²) in [6.45, 7) is 5.94. The van der Waals surface area contributed by atoms with E-state index >= 15 is 0 Å². The summed E-state index contributed by atoms with van der Waals surface area (Å²) in [7, 11) is -3.91. The van der Waals surface area contributed by atoms with Gasteiger partial charge in [0.15, 0.2) is 0 Å². The summed E-state index contributed by atoms with van der Waals surface area (Å²) >= 11 is 0. The van der Waals surface area contributed by atoms with E-state index in [9.17, 15) is 18.0 Å². The van der Waals surface area contributed by atoms with E-state index in [-0.39, 0.29) is 22.6 Å². The summed E-state index contributed by atoms with van der Waals surface area (Å²) in [6.07, 6.45) is 0.601. The quantitative estimate of drug-likeness (QED) is 0.705. The molecular formula is C22H27N3O4S. The first-order chi connectivity index (χ1) is 14.2. The van der Waals surface area contributed by atoms with E-state index in [2.05, 4.69) is 10.0 Å². The van der Waals surface area contributed by atoms with E-state index in [1.54, 1.807) is 30.9 Å². The second kappa shape index (κ2) is 8.97. The lowest BCUT2D eigenvalue weighted by molar-refractivity contribution is -0.123. The van der Waals surface area contributed by atoms with Crippen molar-refractivity contribution in [3.05, 3.63) is 59.7 Å². The van der Waals surface area contributed by atoms with Crippen LogP contribution in [0.2, 0.25) is 0 Å². The van der Waals surface area contributed by atoms with Gasteiger partial charge in [-0.15, -0.1) is 0 Å². The van der Waals surface area contributed by atoms with E-state index in [0.717, 1.165) is 16.8 Å². The molecule has 0 unspecified atom stereocenters. The third-order valence-corrected chi connectivity index (χ3v) is 6.62. The van der Waals surface area contributed by atoms with Crippen LogP contribution >= 0.6 is 0 Å². The zero-order chi connectivity index (χ0) is 21.9. The number of rotatable bonds is 7. The van der Waals surface area contributed by atoms with Gasteiger partial charge in [-0.1, -0.05) is 44.2 Å². The Kier molecular flexibility index (Phi) is 6.58. The molecule has 3 rings (SSSR count). The Morgan fingerprint density at radius 3 is 2.43 bits per heavy atom. The minimum absolute atomic E-state index is 0.0718. The Morgan fingerprint density at radius 1 is 1.10 bits per heavy atom. The zero-order valence-electron chi connectivity index (χ0n) is 17.4. The molecule has 2 aromatic rings. The van der Waals surface area contributed by atoms with Gasteiger partial charge >= 0.3 is 0 Å². The normalized spacial score (nSPS) is 14.5. The molecular weight excluding hydrogens is 402 g/mol. The van der Waals surface area contributed by atoms with Gasteiger partial charge in [-0.2, -0.15) is 4.72 Å². The molecule has 0 aromatic heterocycles. The Morgan fingerprint density at radius 2 is 1.80 bits per heavy atom. The molecule has 1 aliphatic heterocycles. The van der Waals surface area contributed by atoms with E-state index in [1.807, 2.05) is 30.3 Å². The number of hydrogen-bond donors (Lipinski definition) is 2. The highest BCUT2D eigenvalue weighted by atomic mass is 32.2. The Balaban J connectivity index is 1.74. The fraction of sp³-hybridized carbons (Fsp3) is 0.364. The van der Waals surface area contributed by atoms with Crippen LogP contribution in [0.1, 0.15) is 31.9 Å². The lowest BCUT2D eigenvalue weighted by Crippen LogP contribution is -2.49. The number of benzene rings is 2. The summed E-state index contributed by atoms with van der Waals surface area (Å²) in [6, 6.07) is 13.2. The number of carbonyl (C=O) groups is 2. The van der Waals surface area contributed by atoms with E-state index in [1.165, 1.54) is 13.0 Å². The lowest BCUT2D eigenvalue weighted by atomic mass is 10.0. The number of nitrogens with zero attached hydrogens (tertiary/aromatic N) is 1. The average Bonchev–Trinajstić information content (AvgIpc) is 3.14. The SMILES string of the molecule is CC(=O)N1CCc2cc(S(=O)(=O)N[C@@H](C(=O)NCc3ccccc3)C(C)C)ccc21. The maximum Gasteiger partial charge on any atom is 0.241 e. The van der Waals surface area contributed by atoms with E-state index < -0.39 is 16.1 Å². The molecule has 30 heavy (non-hydrogen) atoms. The minimum Gasteiger partial charge on any atom is -0.351 e. The minimum atomic E-state index is -3.91. The monoisotopic (exact) mass is 429 g/mol. The van der Waals surface area contributed by atoms with Crippen molar-refractivity contribution in [1.29, 1.82) is 0 Å². The van der Waals surface area contributed by atoms with E-state index in [0.29, 0.717) is 19.5 Å². The van der Waals surface area contributed by atoms with Crippen molar-refractivity contribution in [3.8, 4) is 0 Å². The van der Waals surface area contributed by atoms with Crippen LogP contribution in [0.5, 0.6) is 0 Å². The summed E-state index contributed by atoms with van der Waals surface area (Å²) in [5.74, 6) is -0.683. The predicted octanol–water partition coefficient (Wildman–Crippen LogP) is 2.21. The van der Waals surface area contributed by atoms with Crippen molar-refractivity contribution in [2.24, 2.45) is 5.92 Å². The number of carbonyl (C=O) groups excluding carboxylic acids is 2. The first kappa shape index (κ1) is 22.0. The molecule has 160 valence electrons. The van der Waals surface area contributed by atoms with Gasteiger partial charge in [-0.05, 0) is 41.7 Å². The zero-order valence-corrected chi connectivity index (χ0v) is 18.2. The van der Waals surface area contributed by atoms with Crippen LogP contribution in [0.15, 0.2) is 53.4 Å². The van der Waals surface area contributed by atoms with E-state index in [4.69, 9.17) is 0 Å². The highest BCUT2D eigenvalue weighted by Crippen LogP contribution is 2.30. The highest BCUT2D eigenvalue weighted by Gasteiger charge is 2.30. The van der Waals surface area contributed by atoms with Gasteiger partial charge in [0.25, 0.3) is 0 Å². The van der Waals surface area contributed by atoms with Crippen LogP contribution in [-0.4, -0.2) is 32.8 Å². The molecule has 0 spiro atoms. The molecule has 7 nitrogen and oxygen atoms in total. The topological polar surface area (TPSA) is 95.6 Å². The number of sulfonamides is 1. The standard InChI is InChI=1S/C22H27N3O4S/c1-15(2)21(22(27)23-14-17-7-5-4-6-8-17)24-30(28,29)19-9-10-20-18(13-19)11-12-25(20)16(3)26/h4-10,13,15,21,24H,11-12,14H2,1-3H3,(H,23,27)/t21-/m1/s1. The fourth-order valence-corrected chi connectivity index (χ4v) is 4.89. The third kappa shape index (κ3) is 4.88. The molecule has 1 heterocycles. The smallest absolute Gasteiger partial charge is 0.241 e. The van der Waals surface area contributed by atoms with Crippen molar-refractivity contribution in [2.75, 3.05) is 11.4 Å². The van der Waals surface area contributed by atoms with Crippen molar-refractivity contribution in [2.45, 2.75) is 44.7 Å². The first-order valence-electron chi connectivity index (χ1n) is 9.94. The lowest BCUT2D eigenvalue weighted by Gasteiger charge is -2.22. The largest absolute Gasteiger partial charge is 0.351 e. The molecule has 2 amide bonds. The summed E-state index contributed by atoms with van der Waals surface area (Å²) in [4.78, 5) is 26.1. The van der Waals surface area contributed by atoms with Crippen LogP contribution < -0.4 is 14.9 Å². The Hall–Kier alpha value is -2.71. The number of amides is 2. The summed E-state index contributed by atoms with van der Waals surface area (Å²) < 4.78 is 28.5. The van der Waals surface area contributed by atoms with Gasteiger partial charge in [0.1, 0.15) is 6.04 Å². The van der Waals surface area contributed by atoms with Crippen LogP contribution in [-0.2, 0) is 32.6 Å². The van der Waals surface area contributed by atoms with Crippen LogP contribution in [0.25, 0.3) is 0 Å². The van der Waals surface area contributed by atoms with Crippen molar-refractivity contribution >= 4 is 27.5 Å². The second-order valence-corrected chi connectivity index (χ2v) is 9.47. The Labute approximate surface area is 177 Å². The van der Waals surface area contributed by atoms with Gasteiger partial charge in [0.05, 0.1) is 4.90 Å². The molecule has 1 aliphatic rings. The highest BCUT2D eigenvalue weighted by molar-refractivity contribution is 7.89. The molecule has 2 N–H and O–H groups in total. The van der Waals surface area contributed by atoms with Gasteiger partial charge in [-0.25, -0.2) is 8.42 Å². The molecule has 2 aromatic carbocycles. The van der Waals surface area contributed by atoms with Crippen molar-refractivity contribution in [3.63, 3.8) is 0 Å². The molecule has 0 fully saturated rings. The van der Waals surface area contributed by atoms with Crippen LogP contribution in [0.4, 0.5) is 5.69 Å². The molecule has 1 atom stereocenters. The van der Waals surface area contributed by atoms with Gasteiger partial charge in [0, 0.05) is 25.7 Å². The van der Waals surface area contributed by atoms with Crippen LogP contribution in [0.3, 0.4) is 0 Å².